The van der Waals surface area contributed by atoms with Crippen molar-refractivity contribution in [2.75, 3.05) is 0 Å². The number of hydrogen-bond donors (Lipinski definition) is 1. The van der Waals surface area contributed by atoms with Gasteiger partial charge < -0.3 is 9.84 Å². The number of hydrogen-bond acceptors (Lipinski definition) is 5. The van der Waals surface area contributed by atoms with Crippen molar-refractivity contribution >= 4 is 5.97 Å². The van der Waals surface area contributed by atoms with E-state index in [1.54, 1.807) is 0 Å². The van der Waals surface area contributed by atoms with Crippen LogP contribution < -0.4 is 4.74 Å². The zero-order valence-electron chi connectivity index (χ0n) is 9.63. The highest BCUT2D eigenvalue weighted by Gasteiger charge is 2.33. The summed E-state index contributed by atoms with van der Waals surface area (Å²) in [6.07, 6.45) is -2.57. The van der Waals surface area contributed by atoms with Gasteiger partial charge in [0.2, 0.25) is 0 Å². The summed E-state index contributed by atoms with van der Waals surface area (Å²) in [5, 5.41) is 8.86. The molecule has 0 unspecified atom stereocenters. The molecule has 1 N–H and O–H groups in total. The lowest BCUT2D eigenvalue weighted by Gasteiger charge is -2.08. The predicted molar refractivity (Wildman–Crippen MR) is 58.3 cm³/mol. The third kappa shape index (κ3) is 2.99. The van der Waals surface area contributed by atoms with Crippen LogP contribution in [0, 0.1) is 0 Å². The Balaban J connectivity index is 2.34. The number of alkyl halides is 3. The van der Waals surface area contributed by atoms with E-state index in [1.807, 2.05) is 0 Å². The summed E-state index contributed by atoms with van der Waals surface area (Å²) >= 11 is 0. The second-order valence-corrected chi connectivity index (χ2v) is 3.48. The van der Waals surface area contributed by atoms with E-state index in [2.05, 4.69) is 15.0 Å². The summed E-state index contributed by atoms with van der Waals surface area (Å²) in [4.78, 5) is 21.1. The van der Waals surface area contributed by atoms with Crippen LogP contribution in [0.5, 0.6) is 11.8 Å². The average Bonchev–Trinajstić information content (AvgIpc) is 2.38. The minimum absolute atomic E-state index is 0.251. The van der Waals surface area contributed by atoms with Gasteiger partial charge in [-0.15, -0.1) is 0 Å². The van der Waals surface area contributed by atoms with Crippen molar-refractivity contribution in [2.45, 2.75) is 6.18 Å². The molecule has 0 spiro atoms. The van der Waals surface area contributed by atoms with Gasteiger partial charge in [-0.1, -0.05) is 0 Å². The fraction of sp³-hybridized carbons (Fsp3) is 0.0909. The second kappa shape index (κ2) is 5.11. The minimum Gasteiger partial charge on any atom is -0.476 e. The molecule has 0 bridgehead atoms. The lowest BCUT2D eigenvalue weighted by atomic mass is 10.3. The number of carbonyl (C=O) groups is 1. The van der Waals surface area contributed by atoms with Crippen LogP contribution >= 0.6 is 0 Å². The van der Waals surface area contributed by atoms with Gasteiger partial charge in [0.15, 0.2) is 17.1 Å². The van der Waals surface area contributed by atoms with E-state index in [4.69, 9.17) is 9.84 Å². The van der Waals surface area contributed by atoms with Crippen LogP contribution in [0.1, 0.15) is 16.2 Å². The maximum Gasteiger partial charge on any atom is 0.433 e. The molecule has 0 aromatic carbocycles. The van der Waals surface area contributed by atoms with Crippen molar-refractivity contribution in [3.05, 3.63) is 42.0 Å². The van der Waals surface area contributed by atoms with Crippen LogP contribution in [0.15, 0.2) is 30.6 Å². The van der Waals surface area contributed by atoms with E-state index >= 15 is 0 Å². The molecule has 2 heterocycles. The number of pyridine rings is 1. The average molecular weight is 285 g/mol. The molecule has 2 rings (SSSR count). The summed E-state index contributed by atoms with van der Waals surface area (Å²) in [7, 11) is 0. The summed E-state index contributed by atoms with van der Waals surface area (Å²) in [5.74, 6) is -1.63. The minimum atomic E-state index is -4.65. The molecule has 0 fully saturated rings. The van der Waals surface area contributed by atoms with Gasteiger partial charge >= 0.3 is 18.2 Å². The molecule has 9 heteroatoms. The molecule has 0 atom stereocenters. The van der Waals surface area contributed by atoms with E-state index < -0.39 is 29.5 Å². The number of nitrogens with zero attached hydrogens (tertiary/aromatic N) is 3. The lowest BCUT2D eigenvalue weighted by molar-refractivity contribution is -0.141. The SMILES string of the molecule is O=C(O)c1ncccc1Oc1nccc(C(F)(F)F)n1. The second-order valence-electron chi connectivity index (χ2n) is 3.48. The van der Waals surface area contributed by atoms with Crippen LogP contribution in [-0.2, 0) is 6.18 Å². The molecular formula is C11H6F3N3O3. The Morgan fingerprint density at radius 3 is 2.60 bits per heavy atom. The molecule has 0 radical (unpaired) electrons. The van der Waals surface area contributed by atoms with Crippen molar-refractivity contribution in [2.24, 2.45) is 0 Å². The van der Waals surface area contributed by atoms with Crippen molar-refractivity contribution in [3.63, 3.8) is 0 Å². The Kier molecular flexibility index (Phi) is 3.51. The fourth-order valence-corrected chi connectivity index (χ4v) is 1.28. The number of aromatic nitrogens is 3. The standard InChI is InChI=1S/C11H6F3N3O3/c12-11(13,14)7-3-5-16-10(17-7)20-6-2-1-4-15-8(6)9(18)19/h1-5H,(H,18,19). The highest BCUT2D eigenvalue weighted by molar-refractivity contribution is 5.88. The Morgan fingerprint density at radius 1 is 1.20 bits per heavy atom. The molecule has 0 aliphatic rings. The zero-order valence-corrected chi connectivity index (χ0v) is 9.63. The first-order chi connectivity index (χ1) is 9.38. The third-order valence-corrected chi connectivity index (χ3v) is 2.10. The summed E-state index contributed by atoms with van der Waals surface area (Å²) in [5.41, 5.74) is -1.64. The number of ether oxygens (including phenoxy) is 1. The maximum absolute atomic E-state index is 12.5. The topological polar surface area (TPSA) is 85.2 Å². The van der Waals surface area contributed by atoms with E-state index in [0.29, 0.717) is 6.07 Å². The van der Waals surface area contributed by atoms with Crippen LogP contribution in [-0.4, -0.2) is 26.0 Å². The summed E-state index contributed by atoms with van der Waals surface area (Å²) in [6.45, 7) is 0. The molecule has 6 nitrogen and oxygen atoms in total. The Hall–Kier alpha value is -2.71. The highest BCUT2D eigenvalue weighted by Crippen LogP contribution is 2.29. The van der Waals surface area contributed by atoms with Gasteiger partial charge in [-0.2, -0.15) is 18.2 Å². The van der Waals surface area contributed by atoms with Crippen molar-refractivity contribution < 1.29 is 27.8 Å². The molecule has 20 heavy (non-hydrogen) atoms. The number of carboxylic acids is 1. The monoisotopic (exact) mass is 285 g/mol. The van der Waals surface area contributed by atoms with Crippen molar-refractivity contribution in [1.29, 1.82) is 0 Å². The van der Waals surface area contributed by atoms with Crippen LogP contribution in [0.25, 0.3) is 0 Å². The molecule has 0 saturated carbocycles. The first-order valence-electron chi connectivity index (χ1n) is 5.14. The van der Waals surface area contributed by atoms with Gasteiger partial charge in [0.05, 0.1) is 0 Å². The van der Waals surface area contributed by atoms with E-state index in [9.17, 15) is 18.0 Å². The Bertz CT molecular complexity index is 646. The molecule has 0 aliphatic carbocycles. The van der Waals surface area contributed by atoms with Crippen LogP contribution in [0.2, 0.25) is 0 Å². The smallest absolute Gasteiger partial charge is 0.433 e. The molecule has 0 aliphatic heterocycles. The molecule has 0 amide bonds. The first kappa shape index (κ1) is 13.7. The van der Waals surface area contributed by atoms with Crippen molar-refractivity contribution in [1.82, 2.24) is 15.0 Å². The molecular weight excluding hydrogens is 279 g/mol. The Labute approximate surface area is 109 Å². The molecule has 2 aromatic heterocycles. The van der Waals surface area contributed by atoms with Crippen LogP contribution in [0.4, 0.5) is 13.2 Å². The quantitative estimate of drug-likeness (QED) is 0.931. The summed E-state index contributed by atoms with van der Waals surface area (Å²) < 4.78 is 42.3. The zero-order chi connectivity index (χ0) is 14.8. The Morgan fingerprint density at radius 2 is 1.95 bits per heavy atom. The molecule has 2 aromatic rings. The van der Waals surface area contributed by atoms with E-state index in [0.717, 1.165) is 6.20 Å². The normalized spacial score (nSPS) is 11.2. The number of rotatable bonds is 3. The molecule has 104 valence electrons. The van der Waals surface area contributed by atoms with E-state index in [-0.39, 0.29) is 5.75 Å². The molecule has 0 saturated heterocycles. The van der Waals surface area contributed by atoms with Crippen molar-refractivity contribution in [3.8, 4) is 11.8 Å². The number of carboxylic acid groups (broad SMARTS) is 1. The summed E-state index contributed by atoms with van der Waals surface area (Å²) in [6, 6.07) is 2.67. The van der Waals surface area contributed by atoms with Crippen LogP contribution in [0.3, 0.4) is 0 Å². The van der Waals surface area contributed by atoms with Gasteiger partial charge in [0, 0.05) is 12.4 Å². The lowest BCUT2D eigenvalue weighted by Crippen LogP contribution is -2.09. The van der Waals surface area contributed by atoms with Gasteiger partial charge in [-0.3, -0.25) is 0 Å². The largest absolute Gasteiger partial charge is 0.476 e. The number of halogens is 3. The van der Waals surface area contributed by atoms with Gasteiger partial charge in [-0.25, -0.2) is 14.8 Å². The van der Waals surface area contributed by atoms with Gasteiger partial charge in [0.25, 0.3) is 0 Å². The number of aromatic carboxylic acids is 1. The highest BCUT2D eigenvalue weighted by atomic mass is 19.4. The van der Waals surface area contributed by atoms with Gasteiger partial charge in [-0.05, 0) is 18.2 Å². The predicted octanol–water partition coefficient (Wildman–Crippen LogP) is 2.38. The third-order valence-electron chi connectivity index (χ3n) is 2.10. The van der Waals surface area contributed by atoms with E-state index in [1.165, 1.54) is 18.3 Å². The maximum atomic E-state index is 12.5. The van der Waals surface area contributed by atoms with Gasteiger partial charge in [0.1, 0.15) is 0 Å². The first-order valence-corrected chi connectivity index (χ1v) is 5.14. The fourth-order valence-electron chi connectivity index (χ4n) is 1.28.